The Bertz CT molecular complexity index is 588. The van der Waals surface area contributed by atoms with Crippen LogP contribution in [0.25, 0.3) is 0 Å². The van der Waals surface area contributed by atoms with Crippen LogP contribution in [0.2, 0.25) is 0 Å². The van der Waals surface area contributed by atoms with Gasteiger partial charge in [0.2, 0.25) is 5.91 Å². The molecule has 0 bridgehead atoms. The van der Waals surface area contributed by atoms with Gasteiger partial charge in [-0.2, -0.15) is 0 Å². The number of nitrogens with zero attached hydrogens (tertiary/aromatic N) is 1. The van der Waals surface area contributed by atoms with Gasteiger partial charge in [-0.05, 0) is 29.4 Å². The predicted molar refractivity (Wildman–Crippen MR) is 82.9 cm³/mol. The Labute approximate surface area is 125 Å². The zero-order chi connectivity index (χ0) is 14.2. The standard InChI is InChI=1S/C19H19NO/c21-19(20-12-16-11-17(16)13-20)18(14-7-3-1-4-8-14)15-9-5-2-6-10-15/h1-10,16-18H,11-13H2. The van der Waals surface area contributed by atoms with E-state index in [-0.39, 0.29) is 11.8 Å². The van der Waals surface area contributed by atoms with E-state index in [1.54, 1.807) is 0 Å². The lowest BCUT2D eigenvalue weighted by atomic mass is 9.90. The number of piperidine rings is 1. The van der Waals surface area contributed by atoms with Gasteiger partial charge in [-0.3, -0.25) is 4.79 Å². The minimum atomic E-state index is -0.162. The van der Waals surface area contributed by atoms with Crippen molar-refractivity contribution in [2.75, 3.05) is 13.1 Å². The van der Waals surface area contributed by atoms with Gasteiger partial charge >= 0.3 is 0 Å². The fourth-order valence-electron chi connectivity index (χ4n) is 3.53. The lowest BCUT2D eigenvalue weighted by molar-refractivity contribution is -0.131. The summed E-state index contributed by atoms with van der Waals surface area (Å²) in [5.74, 6) is 1.66. The van der Waals surface area contributed by atoms with Gasteiger partial charge in [-0.1, -0.05) is 60.7 Å². The minimum absolute atomic E-state index is 0.162. The molecule has 2 aliphatic rings. The number of hydrogen-bond acceptors (Lipinski definition) is 1. The summed E-state index contributed by atoms with van der Waals surface area (Å²) in [5.41, 5.74) is 2.18. The van der Waals surface area contributed by atoms with E-state index in [0.29, 0.717) is 0 Å². The van der Waals surface area contributed by atoms with Crippen LogP contribution in [-0.4, -0.2) is 23.9 Å². The number of likely N-dealkylation sites (tertiary alicyclic amines) is 1. The molecule has 0 radical (unpaired) electrons. The molecular formula is C19H19NO. The summed E-state index contributed by atoms with van der Waals surface area (Å²) >= 11 is 0. The topological polar surface area (TPSA) is 20.3 Å². The number of carbonyl (C=O) groups is 1. The monoisotopic (exact) mass is 277 g/mol. The number of hydrogen-bond donors (Lipinski definition) is 0. The van der Waals surface area contributed by atoms with E-state index in [2.05, 4.69) is 29.2 Å². The molecule has 1 saturated heterocycles. The second-order valence-electron chi connectivity index (χ2n) is 6.25. The van der Waals surface area contributed by atoms with Gasteiger partial charge in [0, 0.05) is 13.1 Å². The van der Waals surface area contributed by atoms with Crippen LogP contribution in [0.5, 0.6) is 0 Å². The van der Waals surface area contributed by atoms with Crippen molar-refractivity contribution >= 4 is 5.91 Å². The summed E-state index contributed by atoms with van der Waals surface area (Å²) in [6, 6.07) is 20.3. The Morgan fingerprint density at radius 3 is 1.81 bits per heavy atom. The summed E-state index contributed by atoms with van der Waals surface area (Å²) in [7, 11) is 0. The van der Waals surface area contributed by atoms with Crippen LogP contribution in [0.1, 0.15) is 23.5 Å². The van der Waals surface area contributed by atoms with Crippen molar-refractivity contribution in [3.63, 3.8) is 0 Å². The highest BCUT2D eigenvalue weighted by atomic mass is 16.2. The lowest BCUT2D eigenvalue weighted by Crippen LogP contribution is -2.35. The molecule has 1 amide bonds. The van der Waals surface area contributed by atoms with Crippen molar-refractivity contribution in [2.45, 2.75) is 12.3 Å². The fraction of sp³-hybridized carbons (Fsp3) is 0.316. The van der Waals surface area contributed by atoms with Gasteiger partial charge < -0.3 is 4.90 Å². The molecule has 2 atom stereocenters. The Morgan fingerprint density at radius 1 is 0.857 bits per heavy atom. The van der Waals surface area contributed by atoms with Crippen LogP contribution in [0.3, 0.4) is 0 Å². The molecule has 1 heterocycles. The van der Waals surface area contributed by atoms with Crippen molar-refractivity contribution in [3.8, 4) is 0 Å². The average Bonchev–Trinajstić information content (AvgIpc) is 3.15. The molecule has 4 rings (SSSR count). The lowest BCUT2D eigenvalue weighted by Gasteiger charge is -2.25. The molecule has 2 aromatic carbocycles. The number of amides is 1. The third kappa shape index (κ3) is 2.35. The van der Waals surface area contributed by atoms with Crippen molar-refractivity contribution in [1.82, 2.24) is 4.90 Å². The molecule has 0 spiro atoms. The van der Waals surface area contributed by atoms with Crippen molar-refractivity contribution in [1.29, 1.82) is 0 Å². The molecule has 2 fully saturated rings. The summed E-state index contributed by atoms with van der Waals surface area (Å²) in [5, 5.41) is 0. The Hall–Kier alpha value is -2.09. The molecule has 2 heteroatoms. The van der Waals surface area contributed by atoms with E-state index in [1.165, 1.54) is 6.42 Å². The molecule has 106 valence electrons. The Balaban J connectivity index is 1.68. The highest BCUT2D eigenvalue weighted by molar-refractivity contribution is 5.87. The summed E-state index contributed by atoms with van der Waals surface area (Å²) in [4.78, 5) is 15.1. The van der Waals surface area contributed by atoms with E-state index < -0.39 is 0 Å². The SMILES string of the molecule is O=C(C(c1ccccc1)c1ccccc1)N1CC2CC2C1. The molecule has 2 nitrogen and oxygen atoms in total. The highest BCUT2D eigenvalue weighted by Gasteiger charge is 2.47. The van der Waals surface area contributed by atoms with Gasteiger partial charge in [-0.25, -0.2) is 0 Å². The second kappa shape index (κ2) is 5.03. The first kappa shape index (κ1) is 12.6. The average molecular weight is 277 g/mol. The second-order valence-corrected chi connectivity index (χ2v) is 6.25. The molecule has 0 aromatic heterocycles. The quantitative estimate of drug-likeness (QED) is 0.843. The minimum Gasteiger partial charge on any atom is -0.341 e. The van der Waals surface area contributed by atoms with Crippen LogP contribution in [-0.2, 0) is 4.79 Å². The molecule has 0 N–H and O–H groups in total. The van der Waals surface area contributed by atoms with Gasteiger partial charge in [-0.15, -0.1) is 0 Å². The predicted octanol–water partition coefficient (Wildman–Crippen LogP) is 3.30. The van der Waals surface area contributed by atoms with Crippen molar-refractivity contribution in [2.24, 2.45) is 11.8 Å². The molecule has 1 aliphatic heterocycles. The molecule has 2 unspecified atom stereocenters. The number of fused-ring (bicyclic) bond motifs is 1. The first-order chi connectivity index (χ1) is 10.3. The molecule has 21 heavy (non-hydrogen) atoms. The highest BCUT2D eigenvalue weighted by Crippen LogP contribution is 2.46. The fourth-order valence-corrected chi connectivity index (χ4v) is 3.53. The first-order valence-corrected chi connectivity index (χ1v) is 7.71. The van der Waals surface area contributed by atoms with Crippen LogP contribution in [0.4, 0.5) is 0 Å². The van der Waals surface area contributed by atoms with E-state index in [0.717, 1.165) is 36.1 Å². The van der Waals surface area contributed by atoms with E-state index in [4.69, 9.17) is 0 Å². The zero-order valence-corrected chi connectivity index (χ0v) is 12.0. The largest absolute Gasteiger partial charge is 0.341 e. The van der Waals surface area contributed by atoms with Gasteiger partial charge in [0.1, 0.15) is 0 Å². The van der Waals surface area contributed by atoms with Gasteiger partial charge in [0.05, 0.1) is 5.92 Å². The summed E-state index contributed by atoms with van der Waals surface area (Å²) in [6.07, 6.45) is 1.32. The van der Waals surface area contributed by atoms with E-state index >= 15 is 0 Å². The van der Waals surface area contributed by atoms with E-state index in [9.17, 15) is 4.79 Å². The number of carbonyl (C=O) groups excluding carboxylic acids is 1. The Kier molecular flexibility index (Phi) is 3.03. The Morgan fingerprint density at radius 2 is 1.33 bits per heavy atom. The van der Waals surface area contributed by atoms with Gasteiger partial charge in [0.25, 0.3) is 0 Å². The summed E-state index contributed by atoms with van der Waals surface area (Å²) < 4.78 is 0. The first-order valence-electron chi connectivity index (χ1n) is 7.71. The maximum atomic E-state index is 13.0. The molecular weight excluding hydrogens is 258 g/mol. The van der Waals surface area contributed by atoms with Crippen LogP contribution in [0, 0.1) is 11.8 Å². The third-order valence-electron chi connectivity index (χ3n) is 4.80. The maximum Gasteiger partial charge on any atom is 0.234 e. The zero-order valence-electron chi connectivity index (χ0n) is 12.0. The molecule has 2 aromatic rings. The number of rotatable bonds is 3. The smallest absolute Gasteiger partial charge is 0.234 e. The molecule has 1 saturated carbocycles. The van der Waals surface area contributed by atoms with Crippen molar-refractivity contribution < 1.29 is 4.79 Å². The van der Waals surface area contributed by atoms with E-state index in [1.807, 2.05) is 36.4 Å². The van der Waals surface area contributed by atoms with Gasteiger partial charge in [0.15, 0.2) is 0 Å². The number of benzene rings is 2. The molecule has 1 aliphatic carbocycles. The third-order valence-corrected chi connectivity index (χ3v) is 4.80. The van der Waals surface area contributed by atoms with Crippen molar-refractivity contribution in [3.05, 3.63) is 71.8 Å². The summed E-state index contributed by atoms with van der Waals surface area (Å²) in [6.45, 7) is 1.92. The maximum absolute atomic E-state index is 13.0. The van der Waals surface area contributed by atoms with Crippen LogP contribution < -0.4 is 0 Å². The van der Waals surface area contributed by atoms with Crippen LogP contribution >= 0.6 is 0 Å². The normalized spacial score (nSPS) is 23.2. The van der Waals surface area contributed by atoms with Crippen LogP contribution in [0.15, 0.2) is 60.7 Å².